The molecule has 2 N–H and O–H groups in total. The summed E-state index contributed by atoms with van der Waals surface area (Å²) in [5.41, 5.74) is 0.339. The van der Waals surface area contributed by atoms with Crippen molar-refractivity contribution in [2.24, 2.45) is 0 Å². The van der Waals surface area contributed by atoms with Crippen LogP contribution in [0.15, 0.2) is 67.7 Å². The summed E-state index contributed by atoms with van der Waals surface area (Å²) in [7, 11) is 0. The molecule has 0 unspecified atom stereocenters. The lowest BCUT2D eigenvalue weighted by atomic mass is 10.2. The second-order valence-electron chi connectivity index (χ2n) is 5.79. The Kier molecular flexibility index (Phi) is 4.73. The number of para-hydroxylation sites is 1. The molecule has 0 spiro atoms. The Balaban J connectivity index is 1.42. The summed E-state index contributed by atoms with van der Waals surface area (Å²) in [6.45, 7) is 0. The van der Waals surface area contributed by atoms with Gasteiger partial charge in [0.1, 0.15) is 11.3 Å². The van der Waals surface area contributed by atoms with E-state index in [-0.39, 0.29) is 17.9 Å². The van der Waals surface area contributed by atoms with Crippen molar-refractivity contribution in [3.63, 3.8) is 0 Å². The van der Waals surface area contributed by atoms with Gasteiger partial charge in [0, 0.05) is 10.8 Å². The third-order valence-corrected chi connectivity index (χ3v) is 4.58. The fourth-order valence-electron chi connectivity index (χ4n) is 2.52. The zero-order valence-electron chi connectivity index (χ0n) is 14.3. The molecule has 0 aliphatic rings. The molecule has 4 aromatic rings. The number of carbonyl (C=O) groups is 2. The van der Waals surface area contributed by atoms with Crippen molar-refractivity contribution in [3.05, 3.63) is 76.0 Å². The molecule has 0 atom stereocenters. The lowest BCUT2D eigenvalue weighted by molar-refractivity contribution is -0.115. The highest BCUT2D eigenvalue weighted by Crippen LogP contribution is 2.18. The van der Waals surface area contributed by atoms with Gasteiger partial charge in [-0.05, 0) is 24.3 Å². The largest absolute Gasteiger partial charge is 0.459 e. The van der Waals surface area contributed by atoms with Gasteiger partial charge in [-0.25, -0.2) is 9.78 Å². The lowest BCUT2D eigenvalue weighted by Crippen LogP contribution is -2.19. The average Bonchev–Trinajstić information content (AvgIpc) is 3.34. The van der Waals surface area contributed by atoms with Gasteiger partial charge in [0.15, 0.2) is 10.9 Å². The van der Waals surface area contributed by atoms with Crippen molar-refractivity contribution in [1.82, 2.24) is 4.98 Å². The number of nitrogens with one attached hydrogen (secondary N) is 2. The molecule has 140 valence electrons. The molecule has 0 aliphatic heterocycles. The molecule has 9 heteroatoms. The molecule has 28 heavy (non-hydrogen) atoms. The van der Waals surface area contributed by atoms with Crippen LogP contribution in [0.1, 0.15) is 16.2 Å². The van der Waals surface area contributed by atoms with Crippen molar-refractivity contribution in [1.29, 1.82) is 0 Å². The molecular formula is C19H13N3O5S. The number of amides is 2. The van der Waals surface area contributed by atoms with Crippen molar-refractivity contribution in [2.75, 3.05) is 10.6 Å². The van der Waals surface area contributed by atoms with Crippen molar-refractivity contribution in [3.8, 4) is 0 Å². The number of aromatic nitrogens is 1. The summed E-state index contributed by atoms with van der Waals surface area (Å²) in [5, 5.41) is 7.83. The molecule has 0 radical (unpaired) electrons. The van der Waals surface area contributed by atoms with Crippen LogP contribution in [0.25, 0.3) is 11.0 Å². The number of furan rings is 1. The van der Waals surface area contributed by atoms with Gasteiger partial charge >= 0.3 is 5.63 Å². The molecule has 0 aliphatic carbocycles. The van der Waals surface area contributed by atoms with Gasteiger partial charge in [-0.2, -0.15) is 0 Å². The van der Waals surface area contributed by atoms with Crippen molar-refractivity contribution >= 4 is 44.9 Å². The highest BCUT2D eigenvalue weighted by molar-refractivity contribution is 7.14. The van der Waals surface area contributed by atoms with E-state index < -0.39 is 17.4 Å². The average molecular weight is 395 g/mol. The molecule has 0 bridgehead atoms. The maximum absolute atomic E-state index is 12.3. The summed E-state index contributed by atoms with van der Waals surface area (Å²) < 4.78 is 10.2. The molecule has 0 saturated heterocycles. The van der Waals surface area contributed by atoms with Crippen LogP contribution in [0, 0.1) is 0 Å². The Bertz CT molecular complexity index is 1210. The van der Waals surface area contributed by atoms with Gasteiger partial charge < -0.3 is 14.2 Å². The smallest absolute Gasteiger partial charge is 0.360 e. The predicted octanol–water partition coefficient (Wildman–Crippen LogP) is 3.28. The third kappa shape index (κ3) is 3.84. The Morgan fingerprint density at radius 1 is 1.11 bits per heavy atom. The summed E-state index contributed by atoms with van der Waals surface area (Å²) in [4.78, 5) is 40.4. The van der Waals surface area contributed by atoms with E-state index in [1.54, 1.807) is 35.7 Å². The molecule has 3 heterocycles. The summed E-state index contributed by atoms with van der Waals surface area (Å²) in [6, 6.07) is 11.7. The Morgan fingerprint density at radius 3 is 2.79 bits per heavy atom. The molecule has 2 amide bonds. The first-order valence-corrected chi connectivity index (χ1v) is 9.08. The normalized spacial score (nSPS) is 10.7. The third-order valence-electron chi connectivity index (χ3n) is 3.77. The highest BCUT2D eigenvalue weighted by atomic mass is 32.1. The van der Waals surface area contributed by atoms with Gasteiger partial charge in [-0.15, -0.1) is 11.3 Å². The first kappa shape index (κ1) is 17.7. The number of thiazole rings is 1. The van der Waals surface area contributed by atoms with Gasteiger partial charge in [0.05, 0.1) is 18.4 Å². The van der Waals surface area contributed by atoms with Crippen LogP contribution in [0.3, 0.4) is 0 Å². The monoisotopic (exact) mass is 395 g/mol. The molecule has 0 saturated carbocycles. The Labute approximate surface area is 161 Å². The van der Waals surface area contributed by atoms with Gasteiger partial charge in [0.25, 0.3) is 5.91 Å². The van der Waals surface area contributed by atoms with E-state index in [1.165, 1.54) is 23.7 Å². The number of rotatable bonds is 5. The van der Waals surface area contributed by atoms with Crippen molar-refractivity contribution < 1.29 is 18.4 Å². The van der Waals surface area contributed by atoms with Crippen LogP contribution < -0.4 is 16.3 Å². The topological polar surface area (TPSA) is 114 Å². The number of benzene rings is 1. The Morgan fingerprint density at radius 2 is 1.96 bits per heavy atom. The van der Waals surface area contributed by atoms with Crippen LogP contribution in [0.4, 0.5) is 10.8 Å². The maximum Gasteiger partial charge on any atom is 0.360 e. The first-order valence-electron chi connectivity index (χ1n) is 8.20. The predicted molar refractivity (Wildman–Crippen MR) is 104 cm³/mol. The standard InChI is InChI=1S/C19H13N3O5S/c23-16(21-13-8-11-4-1-2-5-14(11)27-18(13)25)9-12-10-28-19(20-12)22-17(24)15-6-3-7-26-15/h1-8,10H,9H2,(H,21,23)(H,20,22,24). The number of anilines is 2. The second-order valence-corrected chi connectivity index (χ2v) is 6.64. The van der Waals surface area contributed by atoms with Crippen LogP contribution in [-0.4, -0.2) is 16.8 Å². The SMILES string of the molecule is O=C(Cc1csc(NC(=O)c2ccco2)n1)Nc1cc2ccccc2oc1=O. The second kappa shape index (κ2) is 7.49. The number of fused-ring (bicyclic) bond motifs is 1. The number of carbonyl (C=O) groups excluding carboxylic acids is 2. The van der Waals surface area contributed by atoms with Gasteiger partial charge in [0.2, 0.25) is 5.91 Å². The fourth-order valence-corrected chi connectivity index (χ4v) is 3.23. The van der Waals surface area contributed by atoms with Crippen LogP contribution in [0.5, 0.6) is 0 Å². The maximum atomic E-state index is 12.3. The molecule has 4 rings (SSSR count). The van der Waals surface area contributed by atoms with Crippen LogP contribution in [-0.2, 0) is 11.2 Å². The lowest BCUT2D eigenvalue weighted by Gasteiger charge is -2.04. The number of hydrogen-bond donors (Lipinski definition) is 2. The molecule has 0 fully saturated rings. The van der Waals surface area contributed by atoms with Gasteiger partial charge in [-0.3, -0.25) is 14.9 Å². The first-order chi connectivity index (χ1) is 13.6. The minimum Gasteiger partial charge on any atom is -0.459 e. The number of nitrogens with zero attached hydrogens (tertiary/aromatic N) is 1. The Hall–Kier alpha value is -3.72. The zero-order valence-corrected chi connectivity index (χ0v) is 15.1. The summed E-state index contributed by atoms with van der Waals surface area (Å²) >= 11 is 1.18. The molecule has 3 aromatic heterocycles. The highest BCUT2D eigenvalue weighted by Gasteiger charge is 2.14. The van der Waals surface area contributed by atoms with Crippen LogP contribution in [0.2, 0.25) is 0 Å². The van der Waals surface area contributed by atoms with Crippen LogP contribution >= 0.6 is 11.3 Å². The van der Waals surface area contributed by atoms with E-state index in [1.807, 2.05) is 6.07 Å². The fraction of sp³-hybridized carbons (Fsp3) is 0.0526. The van der Waals surface area contributed by atoms with Gasteiger partial charge in [-0.1, -0.05) is 18.2 Å². The van der Waals surface area contributed by atoms with E-state index in [4.69, 9.17) is 8.83 Å². The minimum absolute atomic E-state index is 0.0562. The minimum atomic E-state index is -0.628. The zero-order chi connectivity index (χ0) is 19.5. The number of hydrogen-bond acceptors (Lipinski definition) is 7. The van der Waals surface area contributed by atoms with Crippen molar-refractivity contribution in [2.45, 2.75) is 6.42 Å². The van der Waals surface area contributed by atoms with E-state index >= 15 is 0 Å². The van der Waals surface area contributed by atoms with E-state index in [0.29, 0.717) is 21.8 Å². The summed E-state index contributed by atoms with van der Waals surface area (Å²) in [6.07, 6.45) is 1.34. The summed E-state index contributed by atoms with van der Waals surface area (Å²) in [5.74, 6) is -0.682. The van der Waals surface area contributed by atoms with E-state index in [2.05, 4.69) is 15.6 Å². The molecule has 1 aromatic carbocycles. The van der Waals surface area contributed by atoms with E-state index in [0.717, 1.165) is 0 Å². The quantitative estimate of drug-likeness (QED) is 0.501. The molecule has 8 nitrogen and oxygen atoms in total. The molecular weight excluding hydrogens is 382 g/mol. The van der Waals surface area contributed by atoms with E-state index in [9.17, 15) is 14.4 Å².